The Morgan fingerprint density at radius 1 is 1.24 bits per heavy atom. The van der Waals surface area contributed by atoms with Crippen LogP contribution in [0.2, 0.25) is 0 Å². The van der Waals surface area contributed by atoms with Crippen LogP contribution in [-0.2, 0) is 10.0 Å². The number of likely N-dealkylation sites (N-methyl/N-ethyl adjacent to an activating group) is 1. The Morgan fingerprint density at radius 2 is 1.90 bits per heavy atom. The van der Waals surface area contributed by atoms with Gasteiger partial charge in [-0.15, -0.1) is 0 Å². The largest absolute Gasteiger partial charge is 0.302 e. The molecule has 21 heavy (non-hydrogen) atoms. The summed E-state index contributed by atoms with van der Waals surface area (Å²) in [5, 5.41) is 9.06. The zero-order chi connectivity index (χ0) is 15.3. The average Bonchev–Trinajstić information content (AvgIpc) is 2.53. The molecule has 1 aliphatic heterocycles. The van der Waals surface area contributed by atoms with Gasteiger partial charge in [0.1, 0.15) is 6.07 Å². The fourth-order valence-electron chi connectivity index (χ4n) is 2.54. The van der Waals surface area contributed by atoms with Crippen LogP contribution >= 0.6 is 0 Å². The van der Waals surface area contributed by atoms with E-state index in [0.29, 0.717) is 6.54 Å². The molecule has 1 heterocycles. The maximum atomic E-state index is 12.5. The molecule has 5 nitrogen and oxygen atoms in total. The second-order valence-corrected chi connectivity index (χ2v) is 7.35. The number of nitrogens with zero attached hydrogens (tertiary/aromatic N) is 3. The van der Waals surface area contributed by atoms with Crippen molar-refractivity contribution >= 4 is 10.0 Å². The van der Waals surface area contributed by atoms with Crippen LogP contribution in [0.5, 0.6) is 0 Å². The summed E-state index contributed by atoms with van der Waals surface area (Å²) in [4.78, 5) is 2.39. The first-order chi connectivity index (χ1) is 10.1. The molecule has 0 radical (unpaired) electrons. The molecule has 1 aliphatic rings. The van der Waals surface area contributed by atoms with Crippen molar-refractivity contribution in [3.05, 3.63) is 29.8 Å². The second kappa shape index (κ2) is 7.03. The molecular formula is C15H21N3O2S. The van der Waals surface area contributed by atoms with Crippen LogP contribution in [0.15, 0.2) is 29.2 Å². The van der Waals surface area contributed by atoms with Gasteiger partial charge in [0.05, 0.1) is 10.5 Å². The van der Waals surface area contributed by atoms with Crippen molar-refractivity contribution in [2.45, 2.75) is 24.2 Å². The smallest absolute Gasteiger partial charge is 0.244 e. The monoisotopic (exact) mass is 307 g/mol. The highest BCUT2D eigenvalue weighted by Gasteiger charge is 2.24. The van der Waals surface area contributed by atoms with Gasteiger partial charge in [0, 0.05) is 20.1 Å². The summed E-state index contributed by atoms with van der Waals surface area (Å²) in [5.41, 5.74) is 0.197. The lowest BCUT2D eigenvalue weighted by atomic mass is 10.1. The maximum Gasteiger partial charge on any atom is 0.244 e. The van der Waals surface area contributed by atoms with Crippen LogP contribution in [-0.4, -0.2) is 50.8 Å². The minimum absolute atomic E-state index is 0.0913. The fraction of sp³-hybridized carbons (Fsp3) is 0.533. The number of hydrogen-bond donors (Lipinski definition) is 0. The van der Waals surface area contributed by atoms with E-state index in [1.807, 2.05) is 6.07 Å². The van der Waals surface area contributed by atoms with E-state index in [-0.39, 0.29) is 10.5 Å². The summed E-state index contributed by atoms with van der Waals surface area (Å²) in [7, 11) is -2.02. The number of hydrogen-bond acceptors (Lipinski definition) is 4. The Kier molecular flexibility index (Phi) is 5.34. The highest BCUT2D eigenvalue weighted by molar-refractivity contribution is 7.89. The molecule has 1 aromatic carbocycles. The Bertz CT molecular complexity index is 616. The molecule has 0 N–H and O–H groups in total. The molecule has 114 valence electrons. The third-order valence-corrected chi connectivity index (χ3v) is 5.79. The molecule has 0 aromatic heterocycles. The van der Waals surface area contributed by atoms with Crippen LogP contribution in [0.25, 0.3) is 0 Å². The van der Waals surface area contributed by atoms with Crippen LogP contribution in [0.1, 0.15) is 24.8 Å². The van der Waals surface area contributed by atoms with E-state index >= 15 is 0 Å². The van der Waals surface area contributed by atoms with Gasteiger partial charge >= 0.3 is 0 Å². The first kappa shape index (κ1) is 16.0. The number of piperidine rings is 1. The first-order valence-electron chi connectivity index (χ1n) is 7.23. The van der Waals surface area contributed by atoms with Gasteiger partial charge < -0.3 is 4.90 Å². The summed E-state index contributed by atoms with van der Waals surface area (Å²) in [6.07, 6.45) is 3.64. The number of benzene rings is 1. The van der Waals surface area contributed by atoms with Gasteiger partial charge in [0.25, 0.3) is 0 Å². The highest BCUT2D eigenvalue weighted by atomic mass is 32.2. The van der Waals surface area contributed by atoms with Gasteiger partial charge in [-0.2, -0.15) is 9.57 Å². The van der Waals surface area contributed by atoms with Gasteiger partial charge in [0.2, 0.25) is 10.0 Å². The van der Waals surface area contributed by atoms with Crippen molar-refractivity contribution in [2.75, 3.05) is 33.2 Å². The van der Waals surface area contributed by atoms with Crippen LogP contribution in [0.3, 0.4) is 0 Å². The lowest BCUT2D eigenvalue weighted by molar-refractivity contribution is 0.218. The topological polar surface area (TPSA) is 64.4 Å². The second-order valence-electron chi connectivity index (χ2n) is 5.34. The van der Waals surface area contributed by atoms with Gasteiger partial charge in [0.15, 0.2) is 0 Å². The number of sulfonamides is 1. The predicted octanol–water partition coefficient (Wildman–Crippen LogP) is 1.66. The average molecular weight is 307 g/mol. The number of rotatable bonds is 5. The van der Waals surface area contributed by atoms with Gasteiger partial charge in [-0.25, -0.2) is 8.42 Å². The molecular weight excluding hydrogens is 286 g/mol. The van der Waals surface area contributed by atoms with Crippen molar-refractivity contribution in [2.24, 2.45) is 0 Å². The quantitative estimate of drug-likeness (QED) is 0.830. The van der Waals surface area contributed by atoms with Gasteiger partial charge in [-0.3, -0.25) is 0 Å². The minimum atomic E-state index is -3.60. The van der Waals surface area contributed by atoms with Crippen molar-refractivity contribution in [3.63, 3.8) is 0 Å². The molecule has 6 heteroatoms. The molecule has 0 aliphatic carbocycles. The Labute approximate surface area is 126 Å². The summed E-state index contributed by atoms with van der Waals surface area (Å²) in [5.74, 6) is 0. The van der Waals surface area contributed by atoms with E-state index in [1.165, 1.54) is 35.7 Å². The zero-order valence-corrected chi connectivity index (χ0v) is 13.1. The standard InChI is InChI=1S/C15H21N3O2S/c1-17(11-12-18-9-5-2-6-10-18)21(19,20)15-8-4-3-7-14(15)13-16/h3-4,7-8H,2,5-6,9-12H2,1H3. The Morgan fingerprint density at radius 3 is 2.57 bits per heavy atom. The van der Waals surface area contributed by atoms with Crippen molar-refractivity contribution in [1.29, 1.82) is 5.26 Å². The minimum Gasteiger partial charge on any atom is -0.302 e. The molecule has 0 saturated carbocycles. The van der Waals surface area contributed by atoms with Gasteiger partial charge in [-0.05, 0) is 38.1 Å². The summed E-state index contributed by atoms with van der Waals surface area (Å²) >= 11 is 0. The zero-order valence-electron chi connectivity index (χ0n) is 12.3. The normalized spacial score (nSPS) is 16.8. The van der Waals surface area contributed by atoms with Crippen LogP contribution < -0.4 is 0 Å². The molecule has 1 saturated heterocycles. The van der Waals surface area contributed by atoms with E-state index < -0.39 is 10.0 Å². The lowest BCUT2D eigenvalue weighted by Gasteiger charge is -2.28. The summed E-state index contributed by atoms with van der Waals surface area (Å²) in [6, 6.07) is 8.29. The first-order valence-corrected chi connectivity index (χ1v) is 8.67. The molecule has 0 unspecified atom stereocenters. The fourth-order valence-corrected chi connectivity index (χ4v) is 3.84. The van der Waals surface area contributed by atoms with Crippen LogP contribution in [0.4, 0.5) is 0 Å². The third kappa shape index (κ3) is 3.82. The van der Waals surface area contributed by atoms with E-state index in [0.717, 1.165) is 19.6 Å². The van der Waals surface area contributed by atoms with Crippen LogP contribution in [0, 0.1) is 11.3 Å². The Balaban J connectivity index is 2.06. The maximum absolute atomic E-state index is 12.5. The van der Waals surface area contributed by atoms with Crippen molar-refractivity contribution in [3.8, 4) is 6.07 Å². The molecule has 2 rings (SSSR count). The number of likely N-dealkylation sites (tertiary alicyclic amines) is 1. The highest BCUT2D eigenvalue weighted by Crippen LogP contribution is 2.18. The molecule has 0 atom stereocenters. The summed E-state index contributed by atoms with van der Waals surface area (Å²) in [6.45, 7) is 3.28. The lowest BCUT2D eigenvalue weighted by Crippen LogP contribution is -2.38. The van der Waals surface area contributed by atoms with E-state index in [4.69, 9.17) is 5.26 Å². The molecule has 0 bridgehead atoms. The van der Waals surface area contributed by atoms with Crippen molar-refractivity contribution < 1.29 is 8.42 Å². The van der Waals surface area contributed by atoms with Crippen molar-refractivity contribution in [1.82, 2.24) is 9.21 Å². The summed E-state index contributed by atoms with van der Waals surface area (Å²) < 4.78 is 26.4. The Hall–Kier alpha value is -1.42. The SMILES string of the molecule is CN(CCN1CCCCC1)S(=O)(=O)c1ccccc1C#N. The van der Waals surface area contributed by atoms with Gasteiger partial charge in [-0.1, -0.05) is 18.6 Å². The van der Waals surface area contributed by atoms with E-state index in [1.54, 1.807) is 19.2 Å². The predicted molar refractivity (Wildman–Crippen MR) is 81.3 cm³/mol. The van der Waals surface area contributed by atoms with E-state index in [2.05, 4.69) is 4.90 Å². The molecule has 1 fully saturated rings. The molecule has 0 amide bonds. The number of nitriles is 1. The molecule has 0 spiro atoms. The third-order valence-electron chi connectivity index (χ3n) is 3.88. The molecule has 1 aromatic rings. The van der Waals surface area contributed by atoms with E-state index in [9.17, 15) is 8.42 Å².